The molecule has 0 radical (unpaired) electrons. The molecule has 1 spiro atoms. The quantitative estimate of drug-likeness (QED) is 0.659. The molecule has 0 N–H and O–H groups in total. The van der Waals surface area contributed by atoms with Crippen LogP contribution in [-0.2, 0) is 16.6 Å². The maximum atomic E-state index is 14.0. The lowest BCUT2D eigenvalue weighted by atomic mass is 9.56. The molecule has 0 heterocycles. The van der Waals surface area contributed by atoms with Crippen LogP contribution in [-0.4, -0.2) is 12.0 Å². The van der Waals surface area contributed by atoms with Crippen LogP contribution in [0.25, 0.3) is 0 Å². The largest absolute Gasteiger partial charge is 0.299 e. The number of rotatable bonds is 0. The predicted molar refractivity (Wildman–Crippen MR) is 55.5 cm³/mol. The molecule has 3 rings (SSSR count). The number of benzene rings is 1. The van der Waals surface area contributed by atoms with Crippen LogP contribution in [0.15, 0.2) is 18.2 Å². The lowest BCUT2D eigenvalue weighted by molar-refractivity contribution is -0.136. The average molecular weight is 222 g/mol. The summed E-state index contributed by atoms with van der Waals surface area (Å²) in [6, 6.07) is 4.66. The number of hydrogen-bond donors (Lipinski definition) is 0. The summed E-state index contributed by atoms with van der Waals surface area (Å²) in [4.78, 5) is 11.7. The Hall–Kier alpha value is -1.25. The normalized spacial score (nSPS) is 32.4. The van der Waals surface area contributed by atoms with Crippen molar-refractivity contribution in [2.75, 3.05) is 0 Å². The van der Waals surface area contributed by atoms with Crippen molar-refractivity contribution >= 4 is 5.78 Å². The molecule has 0 aromatic heterocycles. The lowest BCUT2D eigenvalue weighted by Gasteiger charge is -2.46. The van der Waals surface area contributed by atoms with Crippen molar-refractivity contribution in [3.05, 3.63) is 35.1 Å². The maximum absolute atomic E-state index is 14.0. The van der Waals surface area contributed by atoms with E-state index in [-0.39, 0.29) is 18.0 Å². The van der Waals surface area contributed by atoms with Crippen LogP contribution < -0.4 is 0 Å². The molecule has 84 valence electrons. The molecule has 0 unspecified atom stereocenters. The molecule has 16 heavy (non-hydrogen) atoms. The predicted octanol–water partition coefficient (Wildman–Crippen LogP) is 2.71. The Morgan fingerprint density at radius 2 is 2.12 bits per heavy atom. The van der Waals surface area contributed by atoms with Gasteiger partial charge in [-0.3, -0.25) is 4.79 Å². The number of hydrogen-bond acceptors (Lipinski definition) is 1. The minimum atomic E-state index is -1.14. The summed E-state index contributed by atoms with van der Waals surface area (Å²) in [5.41, 5.74) is 0.141. The zero-order chi connectivity index (χ0) is 11.3. The molecule has 1 aromatic rings. The van der Waals surface area contributed by atoms with Crippen molar-refractivity contribution in [1.29, 1.82) is 0 Å². The van der Waals surface area contributed by atoms with Crippen molar-refractivity contribution in [2.24, 2.45) is 0 Å². The zero-order valence-corrected chi connectivity index (χ0v) is 8.80. The van der Waals surface area contributed by atoms with Gasteiger partial charge in [0.05, 0.1) is 5.41 Å². The fourth-order valence-electron chi connectivity index (χ4n) is 3.03. The van der Waals surface area contributed by atoms with E-state index in [1.54, 1.807) is 12.1 Å². The van der Waals surface area contributed by atoms with Crippen molar-refractivity contribution in [3.63, 3.8) is 0 Å². The van der Waals surface area contributed by atoms with Crippen LogP contribution in [0.1, 0.15) is 30.4 Å². The third-order valence-corrected chi connectivity index (χ3v) is 4.03. The summed E-state index contributed by atoms with van der Waals surface area (Å²) in [6.45, 7) is 0. The van der Waals surface area contributed by atoms with Gasteiger partial charge in [-0.1, -0.05) is 12.1 Å². The number of halogens is 2. The molecule has 1 fully saturated rings. The van der Waals surface area contributed by atoms with Gasteiger partial charge in [-0.25, -0.2) is 8.78 Å². The Morgan fingerprint density at radius 3 is 2.75 bits per heavy atom. The summed E-state index contributed by atoms with van der Waals surface area (Å²) in [5.74, 6) is -0.366. The first-order valence-electron chi connectivity index (χ1n) is 5.61. The van der Waals surface area contributed by atoms with Crippen LogP contribution >= 0.6 is 0 Å². The van der Waals surface area contributed by atoms with Gasteiger partial charge in [-0.2, -0.15) is 0 Å². The first kappa shape index (κ1) is 9.94. The fraction of sp³-hybridized carbons (Fsp3) is 0.462. The van der Waals surface area contributed by atoms with Gasteiger partial charge in [0.15, 0.2) is 0 Å². The Bertz CT molecular complexity index is 469. The Balaban J connectivity index is 2.22. The lowest BCUT2D eigenvalue weighted by Crippen LogP contribution is -2.54. The van der Waals surface area contributed by atoms with Gasteiger partial charge in [0, 0.05) is 6.42 Å². The molecule has 2 aliphatic carbocycles. The van der Waals surface area contributed by atoms with E-state index in [0.717, 1.165) is 0 Å². The highest BCUT2D eigenvalue weighted by Gasteiger charge is 2.56. The highest BCUT2D eigenvalue weighted by atomic mass is 19.1. The number of Topliss-reactive ketones (excluding diaryl/α,β-unsaturated/α-hetero) is 1. The number of alkyl halides is 1. The maximum Gasteiger partial charge on any atom is 0.146 e. The highest BCUT2D eigenvalue weighted by Crippen LogP contribution is 2.50. The van der Waals surface area contributed by atoms with Crippen LogP contribution in [0, 0.1) is 5.82 Å². The van der Waals surface area contributed by atoms with Gasteiger partial charge in [-0.05, 0) is 36.5 Å². The first-order chi connectivity index (χ1) is 7.66. The molecular formula is C13H12F2O. The second kappa shape index (κ2) is 3.12. The Labute approximate surface area is 92.5 Å². The first-order valence-corrected chi connectivity index (χ1v) is 5.61. The van der Waals surface area contributed by atoms with Crippen LogP contribution in [0.5, 0.6) is 0 Å². The Kier molecular flexibility index (Phi) is 1.94. The molecule has 0 amide bonds. The number of ketones is 1. The van der Waals surface area contributed by atoms with E-state index in [0.29, 0.717) is 30.4 Å². The van der Waals surface area contributed by atoms with Gasteiger partial charge in [0.2, 0.25) is 0 Å². The van der Waals surface area contributed by atoms with E-state index in [2.05, 4.69) is 0 Å². The fourth-order valence-corrected chi connectivity index (χ4v) is 3.03. The molecule has 1 aromatic carbocycles. The SMILES string of the molecule is O=C1CC[C@@]12c1cccc(F)c1CC[C@H]2F. The van der Waals surface area contributed by atoms with E-state index in [1.807, 2.05) is 0 Å². The molecule has 2 aliphatic rings. The van der Waals surface area contributed by atoms with Crippen LogP contribution in [0.2, 0.25) is 0 Å². The third-order valence-electron chi connectivity index (χ3n) is 4.03. The van der Waals surface area contributed by atoms with Gasteiger partial charge in [0.25, 0.3) is 0 Å². The topological polar surface area (TPSA) is 17.1 Å². The smallest absolute Gasteiger partial charge is 0.146 e. The van der Waals surface area contributed by atoms with Crippen LogP contribution in [0.3, 0.4) is 0 Å². The minimum Gasteiger partial charge on any atom is -0.299 e. The number of carbonyl (C=O) groups is 1. The van der Waals surface area contributed by atoms with E-state index in [4.69, 9.17) is 0 Å². The molecule has 0 bridgehead atoms. The molecular weight excluding hydrogens is 210 g/mol. The summed E-state index contributed by atoms with van der Waals surface area (Å²) >= 11 is 0. The van der Waals surface area contributed by atoms with Gasteiger partial charge >= 0.3 is 0 Å². The standard InChI is InChI=1S/C13H12F2O/c14-10-3-1-2-9-8(10)4-5-11(15)13(9)7-6-12(13)16/h1-3,11H,4-7H2/t11-,13+/m1/s1. The van der Waals surface area contributed by atoms with Crippen molar-refractivity contribution in [1.82, 2.24) is 0 Å². The molecule has 0 saturated heterocycles. The third kappa shape index (κ3) is 1.01. The zero-order valence-electron chi connectivity index (χ0n) is 8.80. The van der Waals surface area contributed by atoms with E-state index in [9.17, 15) is 13.6 Å². The monoisotopic (exact) mass is 222 g/mol. The van der Waals surface area contributed by atoms with Crippen molar-refractivity contribution in [2.45, 2.75) is 37.3 Å². The summed E-state index contributed by atoms with van der Waals surface area (Å²) in [6.07, 6.45) is 0.487. The second-order valence-corrected chi connectivity index (χ2v) is 4.67. The number of carbonyl (C=O) groups excluding carboxylic acids is 1. The average Bonchev–Trinajstić information content (AvgIpc) is 2.27. The Morgan fingerprint density at radius 1 is 1.31 bits per heavy atom. The van der Waals surface area contributed by atoms with E-state index in [1.165, 1.54) is 6.07 Å². The number of fused-ring (bicyclic) bond motifs is 2. The molecule has 1 nitrogen and oxygen atoms in total. The molecule has 0 aliphatic heterocycles. The van der Waals surface area contributed by atoms with Gasteiger partial charge in [-0.15, -0.1) is 0 Å². The van der Waals surface area contributed by atoms with E-state index < -0.39 is 11.6 Å². The molecule has 3 heteroatoms. The van der Waals surface area contributed by atoms with Crippen molar-refractivity contribution in [3.8, 4) is 0 Å². The van der Waals surface area contributed by atoms with Crippen LogP contribution in [0.4, 0.5) is 8.78 Å². The second-order valence-electron chi connectivity index (χ2n) is 4.67. The highest BCUT2D eigenvalue weighted by molar-refractivity contribution is 5.97. The van der Waals surface area contributed by atoms with Gasteiger partial charge in [0.1, 0.15) is 17.8 Å². The molecule has 1 saturated carbocycles. The summed E-state index contributed by atoms with van der Waals surface area (Å²) < 4.78 is 27.6. The van der Waals surface area contributed by atoms with E-state index >= 15 is 0 Å². The summed E-state index contributed by atoms with van der Waals surface area (Å²) in [5, 5.41) is 0. The van der Waals surface area contributed by atoms with Crippen molar-refractivity contribution < 1.29 is 13.6 Å². The minimum absolute atomic E-state index is 0.0634. The summed E-state index contributed by atoms with van der Waals surface area (Å²) in [7, 11) is 0. The van der Waals surface area contributed by atoms with Gasteiger partial charge < -0.3 is 0 Å². The molecule has 2 atom stereocenters.